The molecular weight excluding hydrogens is 236 g/mol. The highest BCUT2D eigenvalue weighted by Gasteiger charge is 2.14. The molecule has 1 fully saturated rings. The Balaban J connectivity index is 2.01. The Morgan fingerprint density at radius 1 is 1.21 bits per heavy atom. The van der Waals surface area contributed by atoms with E-state index in [0.717, 1.165) is 31.5 Å². The smallest absolute Gasteiger partial charge is 0.0735 e. The number of likely N-dealkylation sites (tertiary alicyclic amines) is 1. The molecule has 1 aromatic carbocycles. The Kier molecular flexibility index (Phi) is 4.58. The lowest BCUT2D eigenvalue weighted by Crippen LogP contribution is -2.32. The summed E-state index contributed by atoms with van der Waals surface area (Å²) in [6.07, 6.45) is 3.90. The van der Waals surface area contributed by atoms with E-state index in [4.69, 9.17) is 11.5 Å². The fourth-order valence-corrected chi connectivity index (χ4v) is 2.18. The molecule has 4 nitrogen and oxygen atoms in total. The maximum Gasteiger partial charge on any atom is 0.0735 e. The minimum atomic E-state index is 0.373. The normalized spacial score (nSPS) is 19.6. The number of nitrogens with zero attached hydrogens (tertiary/aromatic N) is 2. The van der Waals surface area contributed by atoms with Gasteiger partial charge >= 0.3 is 0 Å². The molecule has 0 bridgehead atoms. The zero-order valence-electron chi connectivity index (χ0n) is 11.4. The molecule has 0 amide bonds. The fraction of sp³-hybridized carbons (Fsp3) is 0.400. The van der Waals surface area contributed by atoms with Crippen molar-refractivity contribution < 1.29 is 0 Å². The van der Waals surface area contributed by atoms with Crippen molar-refractivity contribution in [1.29, 1.82) is 0 Å². The maximum atomic E-state index is 6.03. The molecule has 2 rings (SSSR count). The van der Waals surface area contributed by atoms with Crippen LogP contribution in [0.25, 0.3) is 5.70 Å². The van der Waals surface area contributed by atoms with E-state index in [9.17, 15) is 0 Å². The van der Waals surface area contributed by atoms with Gasteiger partial charge in [0.05, 0.1) is 17.4 Å². The monoisotopic (exact) mass is 258 g/mol. The summed E-state index contributed by atoms with van der Waals surface area (Å²) < 4.78 is 0. The number of nitrogens with two attached hydrogens (primary N) is 2. The summed E-state index contributed by atoms with van der Waals surface area (Å²) in [5.74, 6) is 0. The molecule has 19 heavy (non-hydrogen) atoms. The Morgan fingerprint density at radius 3 is 2.47 bits per heavy atom. The van der Waals surface area contributed by atoms with Gasteiger partial charge in [-0.25, -0.2) is 0 Å². The number of hydrogen-bond donors (Lipinski definition) is 2. The molecule has 0 atom stereocenters. The van der Waals surface area contributed by atoms with Crippen LogP contribution in [0.1, 0.15) is 18.4 Å². The third-order valence-electron chi connectivity index (χ3n) is 3.51. The number of aliphatic imine (C=N–C) groups is 1. The van der Waals surface area contributed by atoms with Crippen molar-refractivity contribution in [1.82, 2.24) is 4.90 Å². The first-order valence-corrected chi connectivity index (χ1v) is 6.69. The third kappa shape index (κ3) is 3.83. The van der Waals surface area contributed by atoms with E-state index in [2.05, 4.69) is 16.9 Å². The van der Waals surface area contributed by atoms with Crippen LogP contribution in [-0.4, -0.2) is 37.3 Å². The number of rotatable bonds is 3. The summed E-state index contributed by atoms with van der Waals surface area (Å²) in [5, 5.41) is 0. The predicted molar refractivity (Wildman–Crippen MR) is 80.7 cm³/mol. The van der Waals surface area contributed by atoms with Gasteiger partial charge in [-0.3, -0.25) is 4.99 Å². The molecule has 0 spiro atoms. The number of piperidine rings is 1. The molecule has 0 radical (unpaired) electrons. The van der Waals surface area contributed by atoms with Gasteiger partial charge in [0.25, 0.3) is 0 Å². The molecule has 1 saturated heterocycles. The van der Waals surface area contributed by atoms with Gasteiger partial charge in [-0.1, -0.05) is 30.3 Å². The molecule has 0 saturated carbocycles. The molecular formula is C15H22N4. The lowest BCUT2D eigenvalue weighted by atomic mass is 10.1. The van der Waals surface area contributed by atoms with Crippen LogP contribution in [-0.2, 0) is 0 Å². The Hall–Kier alpha value is -1.81. The van der Waals surface area contributed by atoms with E-state index in [1.807, 2.05) is 30.3 Å². The Labute approximate surface area is 114 Å². The lowest BCUT2D eigenvalue weighted by Gasteiger charge is -2.26. The van der Waals surface area contributed by atoms with Gasteiger partial charge in [-0.05, 0) is 38.5 Å². The highest BCUT2D eigenvalue weighted by atomic mass is 15.1. The molecule has 4 N–H and O–H groups in total. The molecule has 102 valence electrons. The minimum absolute atomic E-state index is 0.373. The maximum absolute atomic E-state index is 6.03. The summed E-state index contributed by atoms with van der Waals surface area (Å²) in [5.41, 5.74) is 14.1. The lowest BCUT2D eigenvalue weighted by molar-refractivity contribution is 0.257. The zero-order chi connectivity index (χ0) is 13.7. The summed E-state index contributed by atoms with van der Waals surface area (Å²) >= 11 is 0. The predicted octanol–water partition coefficient (Wildman–Crippen LogP) is 1.44. The van der Waals surface area contributed by atoms with Crippen molar-refractivity contribution in [2.45, 2.75) is 18.9 Å². The molecule has 0 aliphatic carbocycles. The highest BCUT2D eigenvalue weighted by molar-refractivity contribution is 5.88. The topological polar surface area (TPSA) is 67.6 Å². The van der Waals surface area contributed by atoms with Crippen molar-refractivity contribution in [2.24, 2.45) is 16.5 Å². The van der Waals surface area contributed by atoms with E-state index in [1.54, 1.807) is 6.21 Å². The van der Waals surface area contributed by atoms with E-state index in [1.165, 1.54) is 0 Å². The average Bonchev–Trinajstić information content (AvgIpc) is 2.46. The van der Waals surface area contributed by atoms with E-state index < -0.39 is 0 Å². The largest absolute Gasteiger partial charge is 0.397 e. The molecule has 0 unspecified atom stereocenters. The van der Waals surface area contributed by atoms with Gasteiger partial charge in [0.1, 0.15) is 0 Å². The van der Waals surface area contributed by atoms with Crippen molar-refractivity contribution >= 4 is 11.9 Å². The quantitative estimate of drug-likeness (QED) is 0.806. The second-order valence-corrected chi connectivity index (χ2v) is 5.05. The fourth-order valence-electron chi connectivity index (χ4n) is 2.18. The van der Waals surface area contributed by atoms with Crippen LogP contribution in [0.5, 0.6) is 0 Å². The first kappa shape index (κ1) is 13.6. The standard InChI is InChI=1S/C15H22N4/c1-19-9-7-13(8-10-19)18-11-14(16)15(17)12-5-3-2-4-6-12/h2-6,11,13H,7-10,16-17H2,1H3. The van der Waals surface area contributed by atoms with Gasteiger partial charge in [0.15, 0.2) is 0 Å². The third-order valence-corrected chi connectivity index (χ3v) is 3.51. The summed E-state index contributed by atoms with van der Waals surface area (Å²) in [7, 11) is 2.14. The summed E-state index contributed by atoms with van der Waals surface area (Å²) in [4.78, 5) is 6.87. The molecule has 1 aliphatic heterocycles. The van der Waals surface area contributed by atoms with Crippen LogP contribution in [0.15, 0.2) is 41.0 Å². The first-order chi connectivity index (χ1) is 9.16. The molecule has 0 aromatic heterocycles. The zero-order valence-corrected chi connectivity index (χ0v) is 11.4. The van der Waals surface area contributed by atoms with Crippen LogP contribution in [0.2, 0.25) is 0 Å². The molecule has 1 aliphatic rings. The van der Waals surface area contributed by atoms with E-state index in [-0.39, 0.29) is 0 Å². The summed E-state index contributed by atoms with van der Waals surface area (Å²) in [6, 6.07) is 10.1. The Morgan fingerprint density at radius 2 is 1.84 bits per heavy atom. The van der Waals surface area contributed by atoms with E-state index >= 15 is 0 Å². The average molecular weight is 258 g/mol. The van der Waals surface area contributed by atoms with Gasteiger partial charge in [0, 0.05) is 6.21 Å². The van der Waals surface area contributed by atoms with Crippen molar-refractivity contribution in [2.75, 3.05) is 20.1 Å². The van der Waals surface area contributed by atoms with Gasteiger partial charge < -0.3 is 16.4 Å². The molecule has 1 aromatic rings. The van der Waals surface area contributed by atoms with Gasteiger partial charge in [-0.15, -0.1) is 0 Å². The van der Waals surface area contributed by atoms with Crippen LogP contribution in [0.4, 0.5) is 0 Å². The van der Waals surface area contributed by atoms with E-state index in [0.29, 0.717) is 17.4 Å². The van der Waals surface area contributed by atoms with Gasteiger partial charge in [-0.2, -0.15) is 0 Å². The van der Waals surface area contributed by atoms with Crippen LogP contribution in [0, 0.1) is 0 Å². The highest BCUT2D eigenvalue weighted by Crippen LogP contribution is 2.13. The van der Waals surface area contributed by atoms with Gasteiger partial charge in [0.2, 0.25) is 0 Å². The first-order valence-electron chi connectivity index (χ1n) is 6.69. The SMILES string of the molecule is CN1CCC(N=CC(N)=C(N)c2ccccc2)CC1. The second kappa shape index (κ2) is 6.38. The van der Waals surface area contributed by atoms with Crippen molar-refractivity contribution in [3.63, 3.8) is 0 Å². The van der Waals surface area contributed by atoms with Crippen molar-refractivity contribution in [3.8, 4) is 0 Å². The molecule has 1 heterocycles. The number of hydrogen-bond acceptors (Lipinski definition) is 4. The van der Waals surface area contributed by atoms with Crippen LogP contribution >= 0.6 is 0 Å². The second-order valence-electron chi connectivity index (χ2n) is 5.05. The minimum Gasteiger partial charge on any atom is -0.397 e. The van der Waals surface area contributed by atoms with Crippen molar-refractivity contribution in [3.05, 3.63) is 41.6 Å². The Bertz CT molecular complexity index is 456. The molecule has 4 heteroatoms. The number of benzene rings is 1. The summed E-state index contributed by atoms with van der Waals surface area (Å²) in [6.45, 7) is 2.19. The van der Waals surface area contributed by atoms with Crippen LogP contribution < -0.4 is 11.5 Å². The number of allylic oxidation sites excluding steroid dienone is 1. The van der Waals surface area contributed by atoms with Crippen LogP contribution in [0.3, 0.4) is 0 Å².